The molecule has 1 aliphatic heterocycles. The number of carboxylic acids is 1. The lowest BCUT2D eigenvalue weighted by molar-refractivity contribution is -0.147. The van der Waals surface area contributed by atoms with Crippen LogP contribution in [0.25, 0.3) is 0 Å². The number of piperidine rings is 1. The van der Waals surface area contributed by atoms with Crippen LogP contribution in [0, 0.1) is 12.8 Å². The summed E-state index contributed by atoms with van der Waals surface area (Å²) >= 11 is 0. The van der Waals surface area contributed by atoms with Crippen molar-refractivity contribution in [2.75, 3.05) is 13.1 Å². The summed E-state index contributed by atoms with van der Waals surface area (Å²) in [6.07, 6.45) is 1.32. The van der Waals surface area contributed by atoms with Gasteiger partial charge in [0.2, 0.25) is 5.91 Å². The Balaban J connectivity index is 1.87. The average molecular weight is 348 g/mol. The molecule has 2 unspecified atom stereocenters. The Morgan fingerprint density at radius 2 is 2.00 bits per heavy atom. The van der Waals surface area contributed by atoms with Crippen LogP contribution in [-0.2, 0) is 9.59 Å². The molecule has 0 aromatic heterocycles. The lowest BCUT2D eigenvalue weighted by Crippen LogP contribution is -2.48. The summed E-state index contributed by atoms with van der Waals surface area (Å²) in [5.41, 5.74) is 1.01. The third-order valence-corrected chi connectivity index (χ3v) is 4.57. The molecule has 0 spiro atoms. The highest BCUT2D eigenvalue weighted by atomic mass is 16.4. The Morgan fingerprint density at radius 1 is 1.28 bits per heavy atom. The van der Waals surface area contributed by atoms with Crippen LogP contribution in [0.1, 0.15) is 42.1 Å². The molecular weight excluding hydrogens is 324 g/mol. The SMILES string of the molecule is Cc1ccc(C(=O)NCCC(=O)N2CC(C(=O)O)CCC2C)c(O)c1. The minimum absolute atomic E-state index is 0.0000514. The molecule has 1 aliphatic rings. The topological polar surface area (TPSA) is 107 Å². The summed E-state index contributed by atoms with van der Waals surface area (Å²) < 4.78 is 0. The molecule has 7 heteroatoms. The smallest absolute Gasteiger partial charge is 0.308 e. The number of hydrogen-bond donors (Lipinski definition) is 3. The monoisotopic (exact) mass is 348 g/mol. The van der Waals surface area contributed by atoms with Gasteiger partial charge in [-0.1, -0.05) is 6.07 Å². The summed E-state index contributed by atoms with van der Waals surface area (Å²) in [7, 11) is 0. The zero-order chi connectivity index (χ0) is 18.6. The number of nitrogens with one attached hydrogen (secondary N) is 1. The fourth-order valence-corrected chi connectivity index (χ4v) is 3.01. The van der Waals surface area contributed by atoms with E-state index in [4.69, 9.17) is 5.11 Å². The first-order chi connectivity index (χ1) is 11.8. The molecule has 2 rings (SSSR count). The Morgan fingerprint density at radius 3 is 2.64 bits per heavy atom. The number of aliphatic carboxylic acids is 1. The summed E-state index contributed by atoms with van der Waals surface area (Å²) in [5, 5.41) is 21.5. The van der Waals surface area contributed by atoms with Crippen molar-refractivity contribution in [1.82, 2.24) is 10.2 Å². The van der Waals surface area contributed by atoms with Crippen LogP contribution in [0.2, 0.25) is 0 Å². The first-order valence-corrected chi connectivity index (χ1v) is 8.39. The lowest BCUT2D eigenvalue weighted by atomic mass is 9.93. The van der Waals surface area contributed by atoms with Gasteiger partial charge in [-0.2, -0.15) is 0 Å². The van der Waals surface area contributed by atoms with E-state index in [2.05, 4.69) is 5.32 Å². The summed E-state index contributed by atoms with van der Waals surface area (Å²) in [6.45, 7) is 4.05. The molecule has 1 saturated heterocycles. The molecule has 0 aliphatic carbocycles. The van der Waals surface area contributed by atoms with E-state index in [1.807, 2.05) is 13.8 Å². The van der Waals surface area contributed by atoms with Crippen LogP contribution in [0.3, 0.4) is 0 Å². The molecule has 1 aromatic carbocycles. The van der Waals surface area contributed by atoms with Crippen LogP contribution in [0.4, 0.5) is 0 Å². The fraction of sp³-hybridized carbons (Fsp3) is 0.500. The zero-order valence-corrected chi connectivity index (χ0v) is 14.5. The highest BCUT2D eigenvalue weighted by Crippen LogP contribution is 2.23. The van der Waals surface area contributed by atoms with Gasteiger partial charge in [0.15, 0.2) is 0 Å². The van der Waals surface area contributed by atoms with E-state index in [-0.39, 0.29) is 42.8 Å². The number of aryl methyl sites for hydroxylation is 1. The predicted octanol–water partition coefficient (Wildman–Crippen LogP) is 1.53. The third-order valence-electron chi connectivity index (χ3n) is 4.57. The number of carboxylic acid groups (broad SMARTS) is 1. The second-order valence-electron chi connectivity index (χ2n) is 6.53. The number of amides is 2. The Bertz CT molecular complexity index is 673. The maximum Gasteiger partial charge on any atom is 0.308 e. The Kier molecular flexibility index (Phi) is 6.01. The summed E-state index contributed by atoms with van der Waals surface area (Å²) in [6, 6.07) is 4.76. The van der Waals surface area contributed by atoms with Crippen molar-refractivity contribution < 1.29 is 24.6 Å². The van der Waals surface area contributed by atoms with E-state index in [0.29, 0.717) is 12.8 Å². The van der Waals surface area contributed by atoms with Crippen LogP contribution in [0.15, 0.2) is 18.2 Å². The second kappa shape index (κ2) is 8.00. The first-order valence-electron chi connectivity index (χ1n) is 8.39. The van der Waals surface area contributed by atoms with E-state index in [9.17, 15) is 19.5 Å². The molecule has 136 valence electrons. The van der Waals surface area contributed by atoms with Crippen LogP contribution in [-0.4, -0.2) is 52.0 Å². The van der Waals surface area contributed by atoms with Gasteiger partial charge in [-0.25, -0.2) is 0 Å². The molecule has 2 atom stereocenters. The third kappa shape index (κ3) is 4.71. The van der Waals surface area contributed by atoms with E-state index in [1.165, 1.54) is 12.1 Å². The number of likely N-dealkylation sites (tertiary alicyclic amines) is 1. The van der Waals surface area contributed by atoms with Crippen LogP contribution < -0.4 is 5.32 Å². The van der Waals surface area contributed by atoms with E-state index >= 15 is 0 Å². The van der Waals surface area contributed by atoms with Gasteiger partial charge in [-0.05, 0) is 44.4 Å². The largest absolute Gasteiger partial charge is 0.507 e. The van der Waals surface area contributed by atoms with Crippen molar-refractivity contribution in [3.63, 3.8) is 0 Å². The molecule has 0 radical (unpaired) electrons. The number of carbonyl (C=O) groups excluding carboxylic acids is 2. The molecule has 3 N–H and O–H groups in total. The highest BCUT2D eigenvalue weighted by molar-refractivity contribution is 5.97. The number of phenolic OH excluding ortho intramolecular Hbond substituents is 1. The Labute approximate surface area is 146 Å². The molecule has 7 nitrogen and oxygen atoms in total. The van der Waals surface area contributed by atoms with Crippen molar-refractivity contribution in [1.29, 1.82) is 0 Å². The van der Waals surface area contributed by atoms with Gasteiger partial charge in [-0.15, -0.1) is 0 Å². The van der Waals surface area contributed by atoms with Crippen molar-refractivity contribution in [2.45, 2.75) is 39.2 Å². The van der Waals surface area contributed by atoms with E-state index in [1.54, 1.807) is 11.0 Å². The molecule has 25 heavy (non-hydrogen) atoms. The number of aromatic hydroxyl groups is 1. The molecule has 1 aromatic rings. The zero-order valence-electron chi connectivity index (χ0n) is 14.5. The number of carbonyl (C=O) groups is 3. The van der Waals surface area contributed by atoms with Crippen molar-refractivity contribution in [3.8, 4) is 5.75 Å². The number of nitrogens with zero attached hydrogens (tertiary/aromatic N) is 1. The quantitative estimate of drug-likeness (QED) is 0.748. The highest BCUT2D eigenvalue weighted by Gasteiger charge is 2.32. The van der Waals surface area contributed by atoms with Gasteiger partial charge in [0.25, 0.3) is 5.91 Å². The molecule has 1 fully saturated rings. The molecular formula is C18H24N2O5. The maximum atomic E-state index is 12.3. The summed E-state index contributed by atoms with van der Waals surface area (Å²) in [5.74, 6) is -2.13. The Hall–Kier alpha value is -2.57. The molecule has 0 saturated carbocycles. The standard InChI is InChI=1S/C18H24N2O5/c1-11-3-6-14(15(21)9-11)17(23)19-8-7-16(22)20-10-13(18(24)25)5-4-12(20)2/h3,6,9,12-13,21H,4-5,7-8,10H2,1-2H3,(H,19,23)(H,24,25). The average Bonchev–Trinajstić information content (AvgIpc) is 2.54. The van der Waals surface area contributed by atoms with Crippen molar-refractivity contribution >= 4 is 17.8 Å². The van der Waals surface area contributed by atoms with Crippen LogP contribution in [0.5, 0.6) is 5.75 Å². The van der Waals surface area contributed by atoms with Gasteiger partial charge in [0.1, 0.15) is 5.75 Å². The maximum absolute atomic E-state index is 12.3. The van der Waals surface area contributed by atoms with E-state index < -0.39 is 17.8 Å². The number of rotatable bonds is 5. The van der Waals surface area contributed by atoms with Crippen molar-refractivity contribution in [2.24, 2.45) is 5.92 Å². The predicted molar refractivity (Wildman–Crippen MR) is 91.3 cm³/mol. The minimum Gasteiger partial charge on any atom is -0.507 e. The molecule has 1 heterocycles. The second-order valence-corrected chi connectivity index (χ2v) is 6.53. The lowest BCUT2D eigenvalue weighted by Gasteiger charge is -2.36. The van der Waals surface area contributed by atoms with Gasteiger partial charge in [0, 0.05) is 25.6 Å². The number of benzene rings is 1. The molecule has 0 bridgehead atoms. The number of hydrogen-bond acceptors (Lipinski definition) is 4. The van der Waals surface area contributed by atoms with Gasteiger partial charge in [0.05, 0.1) is 11.5 Å². The summed E-state index contributed by atoms with van der Waals surface area (Å²) in [4.78, 5) is 37.1. The first kappa shape index (κ1) is 18.8. The van der Waals surface area contributed by atoms with Gasteiger partial charge < -0.3 is 20.4 Å². The van der Waals surface area contributed by atoms with Crippen molar-refractivity contribution in [3.05, 3.63) is 29.3 Å². The van der Waals surface area contributed by atoms with Gasteiger partial charge >= 0.3 is 5.97 Å². The number of phenols is 1. The van der Waals surface area contributed by atoms with E-state index in [0.717, 1.165) is 5.56 Å². The normalized spacial score (nSPS) is 20.2. The van der Waals surface area contributed by atoms with Crippen LogP contribution >= 0.6 is 0 Å². The molecule has 2 amide bonds. The van der Waals surface area contributed by atoms with Gasteiger partial charge in [-0.3, -0.25) is 14.4 Å². The fourth-order valence-electron chi connectivity index (χ4n) is 3.01. The minimum atomic E-state index is -0.882.